The zero-order valence-corrected chi connectivity index (χ0v) is 25.8. The van der Waals surface area contributed by atoms with Crippen LogP contribution in [0.3, 0.4) is 0 Å². The quantitative estimate of drug-likeness (QED) is 0.109. The van der Waals surface area contributed by atoms with Crippen LogP contribution < -0.4 is 5.69 Å². The molecule has 0 spiro atoms. The zero-order valence-electron chi connectivity index (χ0n) is 25.0. The number of rotatable bonds is 15. The molecule has 0 fully saturated rings. The van der Waals surface area contributed by atoms with E-state index >= 15 is 4.39 Å². The molecule has 0 N–H and O–H groups in total. The van der Waals surface area contributed by atoms with Crippen molar-refractivity contribution in [3.05, 3.63) is 82.8 Å². The van der Waals surface area contributed by atoms with Crippen LogP contribution in [-0.4, -0.2) is 52.9 Å². The highest BCUT2D eigenvalue weighted by Gasteiger charge is 2.19. The minimum Gasteiger partial charge on any atom is -0.461 e. The first-order valence-electron chi connectivity index (χ1n) is 14.5. The molecule has 4 aromatic rings. The molecule has 9 heteroatoms. The Morgan fingerprint density at radius 3 is 2.33 bits per heavy atom. The molecule has 228 valence electrons. The fourth-order valence-electron chi connectivity index (χ4n) is 5.26. The minimum absolute atomic E-state index is 0. The Kier molecular flexibility index (Phi) is 12.6. The van der Waals surface area contributed by atoms with E-state index in [1.807, 2.05) is 44.2 Å². The molecule has 4 rings (SSSR count). The number of aromatic nitrogens is 2. The first kappa shape index (κ1) is 33.3. The summed E-state index contributed by atoms with van der Waals surface area (Å²) < 4.78 is 29.2. The van der Waals surface area contributed by atoms with E-state index in [1.165, 1.54) is 9.13 Å². The Morgan fingerprint density at radius 2 is 1.60 bits per heavy atom. The second-order valence-corrected chi connectivity index (χ2v) is 11.0. The highest BCUT2D eigenvalue weighted by molar-refractivity contribution is 5.85. The van der Waals surface area contributed by atoms with E-state index < -0.39 is 6.30 Å². The van der Waals surface area contributed by atoms with Crippen molar-refractivity contribution >= 4 is 40.2 Å². The number of esters is 1. The lowest BCUT2D eigenvalue weighted by Gasteiger charge is -2.23. The normalized spacial score (nSPS) is 13.0. The van der Waals surface area contributed by atoms with E-state index in [9.17, 15) is 9.59 Å². The van der Waals surface area contributed by atoms with Crippen molar-refractivity contribution in [2.45, 2.75) is 64.5 Å². The summed E-state index contributed by atoms with van der Waals surface area (Å²) in [6.07, 6.45) is 1.76. The highest BCUT2D eigenvalue weighted by Crippen LogP contribution is 2.26. The maximum absolute atomic E-state index is 15.1. The molecule has 0 aliphatic carbocycles. The SMILES string of the molecule is CC(C)OC(=O)COC(CCN(C)CCCCCC(F)n1c(=O)n(C)c2ccccc21)c1ccc2ccccc2c1.Cl. The molecular weight excluding hydrogens is 557 g/mol. The van der Waals surface area contributed by atoms with Gasteiger partial charge < -0.3 is 14.4 Å². The van der Waals surface area contributed by atoms with Gasteiger partial charge >= 0.3 is 11.7 Å². The van der Waals surface area contributed by atoms with Gasteiger partial charge in [-0.3, -0.25) is 9.13 Å². The van der Waals surface area contributed by atoms with Crippen LogP contribution in [0.5, 0.6) is 0 Å². The van der Waals surface area contributed by atoms with Crippen LogP contribution in [0.25, 0.3) is 21.8 Å². The molecule has 0 saturated heterocycles. The van der Waals surface area contributed by atoms with E-state index in [0.717, 1.165) is 54.2 Å². The van der Waals surface area contributed by atoms with Crippen molar-refractivity contribution in [2.24, 2.45) is 7.05 Å². The fourth-order valence-corrected chi connectivity index (χ4v) is 5.26. The number of alkyl halides is 1. The molecule has 0 amide bonds. The van der Waals surface area contributed by atoms with Gasteiger partial charge in [0.15, 0.2) is 6.30 Å². The number of hydrogen-bond acceptors (Lipinski definition) is 5. The van der Waals surface area contributed by atoms with E-state index in [-0.39, 0.29) is 42.9 Å². The van der Waals surface area contributed by atoms with Gasteiger partial charge in [-0.25, -0.2) is 14.0 Å². The van der Waals surface area contributed by atoms with E-state index in [4.69, 9.17) is 9.47 Å². The summed E-state index contributed by atoms with van der Waals surface area (Å²) in [6, 6.07) is 21.8. The molecule has 0 bridgehead atoms. The van der Waals surface area contributed by atoms with Crippen LogP contribution >= 0.6 is 12.4 Å². The Labute approximate surface area is 253 Å². The average Bonchev–Trinajstić information content (AvgIpc) is 3.21. The molecule has 2 unspecified atom stereocenters. The van der Waals surface area contributed by atoms with Crippen LogP contribution in [0.2, 0.25) is 0 Å². The summed E-state index contributed by atoms with van der Waals surface area (Å²) in [5, 5.41) is 2.29. The molecule has 42 heavy (non-hydrogen) atoms. The number of unbranched alkanes of at least 4 members (excludes halogenated alkanes) is 2. The average molecular weight is 600 g/mol. The molecule has 0 radical (unpaired) electrons. The monoisotopic (exact) mass is 599 g/mol. The van der Waals surface area contributed by atoms with Gasteiger partial charge in [-0.15, -0.1) is 12.4 Å². The number of ether oxygens (including phenoxy) is 2. The van der Waals surface area contributed by atoms with E-state index in [1.54, 1.807) is 13.1 Å². The second-order valence-electron chi connectivity index (χ2n) is 11.0. The molecule has 7 nitrogen and oxygen atoms in total. The summed E-state index contributed by atoms with van der Waals surface area (Å²) in [7, 11) is 3.74. The van der Waals surface area contributed by atoms with E-state index in [0.29, 0.717) is 18.4 Å². The predicted molar refractivity (Wildman–Crippen MR) is 169 cm³/mol. The van der Waals surface area contributed by atoms with E-state index in [2.05, 4.69) is 42.3 Å². The Balaban J connectivity index is 0.00000484. The number of benzene rings is 3. The Morgan fingerprint density at radius 1 is 0.905 bits per heavy atom. The third-order valence-electron chi connectivity index (χ3n) is 7.45. The maximum atomic E-state index is 15.1. The number of carbonyl (C=O) groups excluding carboxylic acids is 1. The van der Waals surface area contributed by atoms with Gasteiger partial charge in [0.2, 0.25) is 0 Å². The number of fused-ring (bicyclic) bond motifs is 2. The van der Waals surface area contributed by atoms with Crippen molar-refractivity contribution in [2.75, 3.05) is 26.7 Å². The molecule has 3 aromatic carbocycles. The van der Waals surface area contributed by atoms with Crippen molar-refractivity contribution in [3.8, 4) is 0 Å². The minimum atomic E-state index is -1.34. The van der Waals surface area contributed by atoms with Crippen LogP contribution in [0.15, 0.2) is 71.5 Å². The lowest BCUT2D eigenvalue weighted by molar-refractivity contribution is -0.155. The van der Waals surface area contributed by atoms with Gasteiger partial charge in [-0.05, 0) is 87.7 Å². The van der Waals surface area contributed by atoms with Crippen LogP contribution in [0, 0.1) is 0 Å². The fraction of sp³-hybridized carbons (Fsp3) is 0.455. The van der Waals surface area contributed by atoms with Crippen molar-refractivity contribution in [3.63, 3.8) is 0 Å². The number of para-hydroxylation sites is 2. The second kappa shape index (κ2) is 15.9. The third kappa shape index (κ3) is 8.66. The third-order valence-corrected chi connectivity index (χ3v) is 7.45. The summed E-state index contributed by atoms with van der Waals surface area (Å²) in [5.74, 6) is -0.365. The number of aryl methyl sites for hydroxylation is 1. The lowest BCUT2D eigenvalue weighted by Crippen LogP contribution is -2.25. The van der Waals surface area contributed by atoms with Gasteiger partial charge in [0, 0.05) is 13.6 Å². The summed E-state index contributed by atoms with van der Waals surface area (Å²) in [5.41, 5.74) is 2.09. The first-order valence-corrected chi connectivity index (χ1v) is 14.5. The van der Waals surface area contributed by atoms with Gasteiger partial charge in [0.05, 0.1) is 23.2 Å². The predicted octanol–water partition coefficient (Wildman–Crippen LogP) is 6.97. The van der Waals surface area contributed by atoms with Gasteiger partial charge in [-0.1, -0.05) is 55.0 Å². The Bertz CT molecular complexity index is 1500. The molecule has 1 heterocycles. The number of carbonyl (C=O) groups is 1. The number of halogens is 2. The first-order chi connectivity index (χ1) is 19.7. The number of nitrogens with zero attached hydrogens (tertiary/aromatic N) is 3. The zero-order chi connectivity index (χ0) is 29.4. The van der Waals surface area contributed by atoms with Crippen molar-refractivity contribution in [1.82, 2.24) is 14.0 Å². The highest BCUT2D eigenvalue weighted by atomic mass is 35.5. The molecule has 2 atom stereocenters. The van der Waals surface area contributed by atoms with Gasteiger partial charge in [0.1, 0.15) is 6.61 Å². The van der Waals surface area contributed by atoms with Crippen LogP contribution in [0.1, 0.15) is 63.9 Å². The molecule has 0 saturated carbocycles. The smallest absolute Gasteiger partial charge is 0.332 e. The maximum Gasteiger partial charge on any atom is 0.332 e. The van der Waals surface area contributed by atoms with Crippen LogP contribution in [-0.2, 0) is 21.3 Å². The topological polar surface area (TPSA) is 65.7 Å². The van der Waals surface area contributed by atoms with Crippen LogP contribution in [0.4, 0.5) is 4.39 Å². The molecular formula is C33H43ClFN3O4. The standard InChI is InChI=1S/C33H42FN3O4.ClH/c1-24(2)41-32(38)23-40-30(27-18-17-25-12-7-8-13-26(25)22-27)19-21-35(3)20-11-5-6-16-31(34)37-29-15-10-9-14-28(29)36(4)33(37)39;/h7-10,12-15,17-18,22,24,30-31H,5-6,11,16,19-21,23H2,1-4H3;1H. The van der Waals surface area contributed by atoms with Gasteiger partial charge in [0.25, 0.3) is 0 Å². The van der Waals surface area contributed by atoms with Crippen molar-refractivity contribution in [1.29, 1.82) is 0 Å². The Hall–Kier alpha value is -3.20. The molecule has 0 aliphatic rings. The van der Waals surface area contributed by atoms with Crippen molar-refractivity contribution < 1.29 is 18.7 Å². The van der Waals surface area contributed by atoms with Gasteiger partial charge in [-0.2, -0.15) is 0 Å². The molecule has 0 aliphatic heterocycles. The lowest BCUT2D eigenvalue weighted by atomic mass is 10.0. The number of imidazole rings is 1. The molecule has 1 aromatic heterocycles. The summed E-state index contributed by atoms with van der Waals surface area (Å²) in [4.78, 5) is 27.0. The number of hydrogen-bond donors (Lipinski definition) is 0. The largest absolute Gasteiger partial charge is 0.461 e. The summed E-state index contributed by atoms with van der Waals surface area (Å²) in [6.45, 7) is 5.21. The summed E-state index contributed by atoms with van der Waals surface area (Å²) >= 11 is 0.